The second-order valence-electron chi connectivity index (χ2n) is 5.40. The number of nitrogens with one attached hydrogen (secondary N) is 1. The van der Waals surface area contributed by atoms with Crippen LogP contribution in [0.4, 0.5) is 5.82 Å². The third kappa shape index (κ3) is 3.33. The Bertz CT molecular complexity index is 719. The molecule has 7 heteroatoms. The zero-order valence-electron chi connectivity index (χ0n) is 12.8. The SMILES string of the molecule is CC(=O)Nc1cc(C(=O)N2CCC[C@H]2c2ccncn2)ccn1. The fraction of sp³-hybridized carbons (Fsp3) is 0.312. The molecule has 2 aromatic heterocycles. The number of anilines is 1. The Morgan fingerprint density at radius 2 is 2.13 bits per heavy atom. The van der Waals surface area contributed by atoms with Crippen molar-refractivity contribution in [1.29, 1.82) is 0 Å². The van der Waals surface area contributed by atoms with E-state index < -0.39 is 0 Å². The molecule has 118 valence electrons. The van der Waals surface area contributed by atoms with E-state index in [9.17, 15) is 9.59 Å². The van der Waals surface area contributed by atoms with E-state index in [1.807, 2.05) is 11.0 Å². The molecular weight excluding hydrogens is 294 g/mol. The van der Waals surface area contributed by atoms with Crippen LogP contribution in [-0.4, -0.2) is 38.2 Å². The summed E-state index contributed by atoms with van der Waals surface area (Å²) < 4.78 is 0. The Labute approximate surface area is 133 Å². The van der Waals surface area contributed by atoms with Gasteiger partial charge in [0.25, 0.3) is 5.91 Å². The van der Waals surface area contributed by atoms with Crippen LogP contribution in [0.2, 0.25) is 0 Å². The minimum atomic E-state index is -0.220. The zero-order chi connectivity index (χ0) is 16.2. The number of aromatic nitrogens is 3. The van der Waals surface area contributed by atoms with Crippen LogP contribution in [0.15, 0.2) is 36.9 Å². The Morgan fingerprint density at radius 3 is 2.87 bits per heavy atom. The average molecular weight is 311 g/mol. The number of pyridine rings is 1. The van der Waals surface area contributed by atoms with Gasteiger partial charge in [-0.2, -0.15) is 0 Å². The molecule has 0 aliphatic carbocycles. The van der Waals surface area contributed by atoms with Crippen LogP contribution in [0.5, 0.6) is 0 Å². The molecule has 0 unspecified atom stereocenters. The summed E-state index contributed by atoms with van der Waals surface area (Å²) >= 11 is 0. The van der Waals surface area contributed by atoms with Crippen molar-refractivity contribution in [2.75, 3.05) is 11.9 Å². The summed E-state index contributed by atoms with van der Waals surface area (Å²) in [7, 11) is 0. The van der Waals surface area contributed by atoms with Gasteiger partial charge < -0.3 is 10.2 Å². The summed E-state index contributed by atoms with van der Waals surface area (Å²) in [4.78, 5) is 38.0. The molecule has 23 heavy (non-hydrogen) atoms. The van der Waals surface area contributed by atoms with Crippen LogP contribution in [0.1, 0.15) is 41.9 Å². The van der Waals surface area contributed by atoms with Crippen LogP contribution in [0.25, 0.3) is 0 Å². The zero-order valence-corrected chi connectivity index (χ0v) is 12.8. The smallest absolute Gasteiger partial charge is 0.254 e. The van der Waals surface area contributed by atoms with Crippen molar-refractivity contribution in [3.8, 4) is 0 Å². The highest BCUT2D eigenvalue weighted by Gasteiger charge is 2.31. The molecule has 3 rings (SSSR count). The fourth-order valence-electron chi connectivity index (χ4n) is 2.79. The molecular formula is C16H17N5O2. The predicted octanol–water partition coefficient (Wildman–Crippen LogP) is 1.81. The minimum absolute atomic E-state index is 0.0390. The Hall–Kier alpha value is -2.83. The van der Waals surface area contributed by atoms with Gasteiger partial charge in [-0.1, -0.05) is 0 Å². The molecule has 0 aromatic carbocycles. The molecule has 0 radical (unpaired) electrons. The Kier molecular flexibility index (Phi) is 4.27. The van der Waals surface area contributed by atoms with Crippen molar-refractivity contribution in [2.45, 2.75) is 25.8 Å². The molecule has 1 atom stereocenters. The number of amides is 2. The Morgan fingerprint density at radius 1 is 1.26 bits per heavy atom. The molecule has 1 saturated heterocycles. The topological polar surface area (TPSA) is 88.1 Å². The number of carbonyl (C=O) groups excluding carboxylic acids is 2. The van der Waals surface area contributed by atoms with Crippen LogP contribution in [-0.2, 0) is 4.79 Å². The predicted molar refractivity (Wildman–Crippen MR) is 83.6 cm³/mol. The first-order valence-corrected chi connectivity index (χ1v) is 7.45. The van der Waals surface area contributed by atoms with Crippen LogP contribution < -0.4 is 5.32 Å². The second-order valence-corrected chi connectivity index (χ2v) is 5.40. The van der Waals surface area contributed by atoms with E-state index in [1.165, 1.54) is 19.4 Å². The van der Waals surface area contributed by atoms with Crippen LogP contribution >= 0.6 is 0 Å². The van der Waals surface area contributed by atoms with Gasteiger partial charge in [-0.15, -0.1) is 0 Å². The van der Waals surface area contributed by atoms with Crippen molar-refractivity contribution in [2.24, 2.45) is 0 Å². The first-order chi connectivity index (χ1) is 11.1. The molecule has 2 aromatic rings. The van der Waals surface area contributed by atoms with Gasteiger partial charge >= 0.3 is 0 Å². The van der Waals surface area contributed by atoms with Crippen LogP contribution in [0, 0.1) is 0 Å². The number of likely N-dealkylation sites (tertiary alicyclic amines) is 1. The molecule has 2 amide bonds. The van der Waals surface area contributed by atoms with Gasteiger partial charge in [0.1, 0.15) is 12.1 Å². The molecule has 1 aliphatic heterocycles. The summed E-state index contributed by atoms with van der Waals surface area (Å²) in [6, 6.07) is 5.05. The molecule has 0 saturated carbocycles. The van der Waals surface area contributed by atoms with E-state index in [-0.39, 0.29) is 17.9 Å². The van der Waals surface area contributed by atoms with Crippen LogP contribution in [0.3, 0.4) is 0 Å². The van der Waals surface area contributed by atoms with Crippen molar-refractivity contribution in [3.63, 3.8) is 0 Å². The summed E-state index contributed by atoms with van der Waals surface area (Å²) in [5, 5.41) is 2.59. The van der Waals surface area contributed by atoms with E-state index >= 15 is 0 Å². The monoisotopic (exact) mass is 311 g/mol. The molecule has 1 N–H and O–H groups in total. The highest BCUT2D eigenvalue weighted by molar-refractivity contribution is 5.96. The maximum atomic E-state index is 12.8. The van der Waals surface area contributed by atoms with Gasteiger partial charge in [-0.3, -0.25) is 9.59 Å². The van der Waals surface area contributed by atoms with Gasteiger partial charge in [0, 0.05) is 31.4 Å². The number of hydrogen-bond acceptors (Lipinski definition) is 5. The third-order valence-corrected chi connectivity index (χ3v) is 3.77. The van der Waals surface area contributed by atoms with Crippen molar-refractivity contribution >= 4 is 17.6 Å². The average Bonchev–Trinajstić information content (AvgIpc) is 3.04. The molecule has 3 heterocycles. The maximum absolute atomic E-state index is 12.8. The highest BCUT2D eigenvalue weighted by atomic mass is 16.2. The van der Waals surface area contributed by atoms with Crippen molar-refractivity contribution in [3.05, 3.63) is 48.2 Å². The minimum Gasteiger partial charge on any atom is -0.330 e. The summed E-state index contributed by atoms with van der Waals surface area (Å²) in [6.45, 7) is 2.09. The maximum Gasteiger partial charge on any atom is 0.254 e. The standard InChI is InChI=1S/C16H17N5O2/c1-11(22)20-15-9-12(4-7-18-15)16(23)21-8-2-3-14(21)13-5-6-17-10-19-13/h4-7,9-10,14H,2-3,8H2,1H3,(H,18,20,22)/t14-/m0/s1. The van der Waals surface area contributed by atoms with E-state index in [1.54, 1.807) is 18.3 Å². The Balaban J connectivity index is 1.83. The third-order valence-electron chi connectivity index (χ3n) is 3.77. The largest absolute Gasteiger partial charge is 0.330 e. The van der Waals surface area contributed by atoms with E-state index in [0.29, 0.717) is 17.9 Å². The lowest BCUT2D eigenvalue weighted by molar-refractivity contribution is -0.114. The lowest BCUT2D eigenvalue weighted by atomic mass is 10.1. The van der Waals surface area contributed by atoms with Crippen molar-refractivity contribution < 1.29 is 9.59 Å². The second kappa shape index (κ2) is 6.51. The van der Waals surface area contributed by atoms with E-state index in [4.69, 9.17) is 0 Å². The van der Waals surface area contributed by atoms with Gasteiger partial charge in [0.15, 0.2) is 0 Å². The molecule has 0 bridgehead atoms. The quantitative estimate of drug-likeness (QED) is 0.934. The molecule has 0 spiro atoms. The molecule has 7 nitrogen and oxygen atoms in total. The summed E-state index contributed by atoms with van der Waals surface area (Å²) in [6.07, 6.45) is 6.52. The molecule has 1 fully saturated rings. The van der Waals surface area contributed by atoms with E-state index in [0.717, 1.165) is 18.5 Å². The number of rotatable bonds is 3. The lowest BCUT2D eigenvalue weighted by Crippen LogP contribution is -2.31. The lowest BCUT2D eigenvalue weighted by Gasteiger charge is -2.24. The normalized spacial score (nSPS) is 17.1. The summed E-state index contributed by atoms with van der Waals surface area (Å²) in [5.41, 5.74) is 1.35. The van der Waals surface area contributed by atoms with Gasteiger partial charge in [-0.25, -0.2) is 15.0 Å². The van der Waals surface area contributed by atoms with Gasteiger partial charge in [0.05, 0.1) is 11.7 Å². The summed E-state index contributed by atoms with van der Waals surface area (Å²) in [5.74, 6) is 0.0726. The first-order valence-electron chi connectivity index (χ1n) is 7.45. The van der Waals surface area contributed by atoms with Gasteiger partial charge in [-0.05, 0) is 31.0 Å². The van der Waals surface area contributed by atoms with E-state index in [2.05, 4.69) is 20.3 Å². The number of carbonyl (C=O) groups is 2. The van der Waals surface area contributed by atoms with Gasteiger partial charge in [0.2, 0.25) is 5.91 Å². The highest BCUT2D eigenvalue weighted by Crippen LogP contribution is 2.31. The fourth-order valence-corrected chi connectivity index (χ4v) is 2.79. The van der Waals surface area contributed by atoms with Crippen molar-refractivity contribution in [1.82, 2.24) is 19.9 Å². The molecule has 1 aliphatic rings. The first kappa shape index (κ1) is 15.1. The number of hydrogen-bond donors (Lipinski definition) is 1. The number of nitrogens with zero attached hydrogens (tertiary/aromatic N) is 4.